The van der Waals surface area contributed by atoms with Crippen LogP contribution < -0.4 is 5.32 Å². The minimum atomic E-state index is -0.772. The number of aryl methyl sites for hydroxylation is 1. The van der Waals surface area contributed by atoms with Crippen LogP contribution in [0.1, 0.15) is 21.7 Å². The SMILES string of the molecule is Cc1nc(NC(=O)c2ccc(C#N)cc2F)nn1-c1ccccc1. The number of hydrogen-bond acceptors (Lipinski definition) is 4. The summed E-state index contributed by atoms with van der Waals surface area (Å²) in [6, 6.07) is 14.8. The highest BCUT2D eigenvalue weighted by Gasteiger charge is 2.16. The summed E-state index contributed by atoms with van der Waals surface area (Å²) < 4.78 is 15.5. The first-order valence-corrected chi connectivity index (χ1v) is 7.08. The van der Waals surface area contributed by atoms with Crippen molar-refractivity contribution < 1.29 is 9.18 Å². The molecule has 0 fully saturated rings. The lowest BCUT2D eigenvalue weighted by Crippen LogP contribution is -2.15. The number of hydrogen-bond donors (Lipinski definition) is 1. The molecule has 24 heavy (non-hydrogen) atoms. The monoisotopic (exact) mass is 321 g/mol. The number of anilines is 1. The average molecular weight is 321 g/mol. The van der Waals surface area contributed by atoms with Crippen molar-refractivity contribution in [2.45, 2.75) is 6.92 Å². The largest absolute Gasteiger partial charge is 0.289 e. The van der Waals surface area contributed by atoms with Gasteiger partial charge in [-0.05, 0) is 37.3 Å². The van der Waals surface area contributed by atoms with Gasteiger partial charge in [-0.15, -0.1) is 5.10 Å². The van der Waals surface area contributed by atoms with Crippen molar-refractivity contribution in [3.8, 4) is 11.8 Å². The van der Waals surface area contributed by atoms with E-state index in [-0.39, 0.29) is 17.1 Å². The standard InChI is InChI=1S/C17H12FN5O/c1-11-20-17(22-23(11)13-5-3-2-4-6-13)21-16(24)14-8-7-12(10-19)9-15(14)18/h2-9H,1H3,(H,21,22,24). The van der Waals surface area contributed by atoms with Gasteiger partial charge in [-0.3, -0.25) is 10.1 Å². The number of rotatable bonds is 3. The van der Waals surface area contributed by atoms with E-state index >= 15 is 0 Å². The Morgan fingerprint density at radius 1 is 1.25 bits per heavy atom. The van der Waals surface area contributed by atoms with E-state index in [2.05, 4.69) is 15.4 Å². The van der Waals surface area contributed by atoms with Gasteiger partial charge in [0.15, 0.2) is 0 Å². The van der Waals surface area contributed by atoms with Crippen LogP contribution in [0.15, 0.2) is 48.5 Å². The van der Waals surface area contributed by atoms with Crippen LogP contribution in [0.25, 0.3) is 5.69 Å². The van der Waals surface area contributed by atoms with Crippen LogP contribution in [-0.2, 0) is 0 Å². The number of carbonyl (C=O) groups is 1. The van der Waals surface area contributed by atoms with Crippen LogP contribution in [0.5, 0.6) is 0 Å². The third-order valence-corrected chi connectivity index (χ3v) is 3.34. The highest BCUT2D eigenvalue weighted by molar-refractivity contribution is 6.03. The fourth-order valence-electron chi connectivity index (χ4n) is 2.19. The number of benzene rings is 2. The molecular formula is C17H12FN5O. The van der Waals surface area contributed by atoms with Crippen molar-refractivity contribution in [1.29, 1.82) is 5.26 Å². The molecule has 118 valence electrons. The molecule has 3 aromatic rings. The molecular weight excluding hydrogens is 309 g/mol. The topological polar surface area (TPSA) is 83.6 Å². The highest BCUT2D eigenvalue weighted by Crippen LogP contribution is 2.14. The molecule has 0 saturated heterocycles. The Bertz CT molecular complexity index is 943. The van der Waals surface area contributed by atoms with Crippen LogP contribution in [0, 0.1) is 24.1 Å². The lowest BCUT2D eigenvalue weighted by molar-refractivity contribution is 0.102. The fourth-order valence-corrected chi connectivity index (χ4v) is 2.19. The van der Waals surface area contributed by atoms with Gasteiger partial charge in [0.1, 0.15) is 11.6 Å². The Balaban J connectivity index is 1.85. The first-order chi connectivity index (χ1) is 11.6. The summed E-state index contributed by atoms with van der Waals surface area (Å²) in [6.45, 7) is 1.75. The van der Waals surface area contributed by atoms with Crippen LogP contribution >= 0.6 is 0 Å². The summed E-state index contributed by atoms with van der Waals surface area (Å²) >= 11 is 0. The predicted octanol–water partition coefficient (Wildman–Crippen LogP) is 2.84. The molecule has 0 saturated carbocycles. The molecule has 2 aromatic carbocycles. The van der Waals surface area contributed by atoms with Gasteiger partial charge >= 0.3 is 0 Å². The second kappa shape index (κ2) is 6.30. The maximum absolute atomic E-state index is 13.9. The number of aromatic nitrogens is 3. The van der Waals surface area contributed by atoms with E-state index in [1.807, 2.05) is 36.4 Å². The maximum Gasteiger partial charge on any atom is 0.261 e. The van der Waals surface area contributed by atoms with Gasteiger partial charge in [-0.25, -0.2) is 9.07 Å². The highest BCUT2D eigenvalue weighted by atomic mass is 19.1. The molecule has 0 atom stereocenters. The number of nitriles is 1. The number of amides is 1. The molecule has 3 rings (SSSR count). The third-order valence-electron chi connectivity index (χ3n) is 3.34. The molecule has 0 bridgehead atoms. The number of carbonyl (C=O) groups excluding carboxylic acids is 1. The number of halogens is 1. The van der Waals surface area contributed by atoms with Gasteiger partial charge < -0.3 is 0 Å². The van der Waals surface area contributed by atoms with Crippen molar-refractivity contribution in [3.63, 3.8) is 0 Å². The molecule has 0 aliphatic heterocycles. The zero-order valence-electron chi connectivity index (χ0n) is 12.7. The van der Waals surface area contributed by atoms with Gasteiger partial charge in [0, 0.05) is 0 Å². The van der Waals surface area contributed by atoms with E-state index in [9.17, 15) is 9.18 Å². The smallest absolute Gasteiger partial charge is 0.261 e. The van der Waals surface area contributed by atoms with E-state index in [1.165, 1.54) is 12.1 Å². The van der Waals surface area contributed by atoms with Gasteiger partial charge in [0.2, 0.25) is 5.95 Å². The van der Waals surface area contributed by atoms with E-state index in [0.29, 0.717) is 5.82 Å². The molecule has 0 radical (unpaired) electrons. The number of nitrogens with one attached hydrogen (secondary N) is 1. The normalized spacial score (nSPS) is 10.2. The molecule has 1 amide bonds. The zero-order chi connectivity index (χ0) is 17.1. The molecule has 0 aliphatic rings. The Hall–Kier alpha value is -3.53. The molecule has 1 aromatic heterocycles. The molecule has 6 nitrogen and oxygen atoms in total. The van der Waals surface area contributed by atoms with Crippen LogP contribution in [0.3, 0.4) is 0 Å². The first kappa shape index (κ1) is 15.4. The second-order valence-electron chi connectivity index (χ2n) is 4.99. The summed E-state index contributed by atoms with van der Waals surface area (Å²) in [5.41, 5.74) is 0.765. The Labute approximate surface area is 137 Å². The summed E-state index contributed by atoms with van der Waals surface area (Å²) in [5.74, 6) is -0.796. The van der Waals surface area contributed by atoms with Crippen LogP contribution in [-0.4, -0.2) is 20.7 Å². The van der Waals surface area contributed by atoms with Crippen molar-refractivity contribution in [2.75, 3.05) is 5.32 Å². The fraction of sp³-hybridized carbons (Fsp3) is 0.0588. The molecule has 1 heterocycles. The average Bonchev–Trinajstić information content (AvgIpc) is 2.95. The predicted molar refractivity (Wildman–Crippen MR) is 85.2 cm³/mol. The molecule has 0 unspecified atom stereocenters. The minimum absolute atomic E-state index is 0.0742. The zero-order valence-corrected chi connectivity index (χ0v) is 12.7. The van der Waals surface area contributed by atoms with Gasteiger partial charge in [-0.1, -0.05) is 18.2 Å². The Kier molecular flexibility index (Phi) is 4.03. The lowest BCUT2D eigenvalue weighted by atomic mass is 10.1. The third kappa shape index (κ3) is 2.98. The van der Waals surface area contributed by atoms with Crippen molar-refractivity contribution in [1.82, 2.24) is 14.8 Å². The van der Waals surface area contributed by atoms with Crippen molar-refractivity contribution in [3.05, 3.63) is 71.3 Å². The van der Waals surface area contributed by atoms with E-state index in [4.69, 9.17) is 5.26 Å². The van der Waals surface area contributed by atoms with Crippen molar-refractivity contribution in [2.24, 2.45) is 0 Å². The Morgan fingerprint density at radius 3 is 2.67 bits per heavy atom. The van der Waals surface area contributed by atoms with E-state index < -0.39 is 11.7 Å². The van der Waals surface area contributed by atoms with E-state index in [0.717, 1.165) is 11.8 Å². The maximum atomic E-state index is 13.9. The summed E-state index contributed by atoms with van der Waals surface area (Å²) in [5, 5.41) is 15.4. The molecule has 0 aliphatic carbocycles. The first-order valence-electron chi connectivity index (χ1n) is 7.08. The van der Waals surface area contributed by atoms with Gasteiger partial charge in [0.25, 0.3) is 5.91 Å². The quantitative estimate of drug-likeness (QED) is 0.804. The second-order valence-corrected chi connectivity index (χ2v) is 4.99. The summed E-state index contributed by atoms with van der Waals surface area (Å²) in [6.07, 6.45) is 0. The number of nitrogens with zero attached hydrogens (tertiary/aromatic N) is 4. The van der Waals surface area contributed by atoms with Gasteiger partial charge in [-0.2, -0.15) is 10.2 Å². The van der Waals surface area contributed by atoms with Crippen LogP contribution in [0.4, 0.5) is 10.3 Å². The summed E-state index contributed by atoms with van der Waals surface area (Å²) in [7, 11) is 0. The molecule has 0 spiro atoms. The lowest BCUT2D eigenvalue weighted by Gasteiger charge is -2.03. The van der Waals surface area contributed by atoms with Gasteiger partial charge in [0.05, 0.1) is 22.9 Å². The molecule has 1 N–H and O–H groups in total. The Morgan fingerprint density at radius 2 is 2.00 bits per heavy atom. The summed E-state index contributed by atoms with van der Waals surface area (Å²) in [4.78, 5) is 16.3. The van der Waals surface area contributed by atoms with Crippen molar-refractivity contribution >= 4 is 11.9 Å². The van der Waals surface area contributed by atoms with Crippen LogP contribution in [0.2, 0.25) is 0 Å². The minimum Gasteiger partial charge on any atom is -0.289 e. The van der Waals surface area contributed by atoms with E-state index in [1.54, 1.807) is 11.6 Å². The molecule has 7 heteroatoms. The number of para-hydroxylation sites is 1.